The van der Waals surface area contributed by atoms with E-state index < -0.39 is 0 Å². The molecule has 1 saturated heterocycles. The van der Waals surface area contributed by atoms with E-state index in [0.717, 1.165) is 24.1 Å². The van der Waals surface area contributed by atoms with E-state index in [1.165, 1.54) is 0 Å². The van der Waals surface area contributed by atoms with Crippen molar-refractivity contribution in [2.45, 2.75) is 38.8 Å². The lowest BCUT2D eigenvalue weighted by Crippen LogP contribution is -2.45. The molecule has 0 aliphatic carbocycles. The van der Waals surface area contributed by atoms with Gasteiger partial charge in [0.1, 0.15) is 13.2 Å². The smallest absolute Gasteiger partial charge is 0.317 e. The molecule has 1 atom stereocenters. The van der Waals surface area contributed by atoms with E-state index in [4.69, 9.17) is 9.47 Å². The molecule has 164 valence electrons. The molecule has 2 heterocycles. The maximum absolute atomic E-state index is 13.0. The Kier molecular flexibility index (Phi) is 6.60. The van der Waals surface area contributed by atoms with Gasteiger partial charge in [0, 0.05) is 37.8 Å². The summed E-state index contributed by atoms with van der Waals surface area (Å²) < 4.78 is 11.2. The van der Waals surface area contributed by atoms with E-state index in [9.17, 15) is 9.59 Å². The molecule has 2 aromatic carbocycles. The predicted molar refractivity (Wildman–Crippen MR) is 118 cm³/mol. The van der Waals surface area contributed by atoms with Crippen molar-refractivity contribution in [1.29, 1.82) is 0 Å². The second-order valence-electron chi connectivity index (χ2n) is 7.94. The van der Waals surface area contributed by atoms with E-state index in [2.05, 4.69) is 12.2 Å². The number of unbranched alkanes of at least 4 members (excludes halogenated alkanes) is 1. The first-order chi connectivity index (χ1) is 15.1. The number of hydrogen-bond acceptors (Lipinski definition) is 4. The van der Waals surface area contributed by atoms with Crippen molar-refractivity contribution in [3.8, 4) is 11.5 Å². The molecular formula is C24H29N3O4. The maximum Gasteiger partial charge on any atom is 0.317 e. The van der Waals surface area contributed by atoms with E-state index in [1.54, 1.807) is 4.90 Å². The summed E-state index contributed by atoms with van der Waals surface area (Å²) in [4.78, 5) is 29.2. The number of rotatable bonds is 7. The lowest BCUT2D eigenvalue weighted by Gasteiger charge is -2.25. The number of urea groups is 1. The molecule has 0 unspecified atom stereocenters. The molecule has 1 N–H and O–H groups in total. The lowest BCUT2D eigenvalue weighted by molar-refractivity contribution is -0.117. The monoisotopic (exact) mass is 423 g/mol. The summed E-state index contributed by atoms with van der Waals surface area (Å²) in [7, 11) is 0. The second-order valence-corrected chi connectivity index (χ2v) is 7.94. The molecule has 3 amide bonds. The number of ether oxygens (including phenoxy) is 2. The van der Waals surface area contributed by atoms with Gasteiger partial charge in [-0.05, 0) is 24.1 Å². The quantitative estimate of drug-likeness (QED) is 0.739. The van der Waals surface area contributed by atoms with Crippen LogP contribution in [0.4, 0.5) is 10.5 Å². The highest BCUT2D eigenvalue weighted by atomic mass is 16.6. The molecular weight excluding hydrogens is 394 g/mol. The molecule has 0 saturated carbocycles. The van der Waals surface area contributed by atoms with Crippen LogP contribution in [0.1, 0.15) is 31.7 Å². The molecule has 0 spiro atoms. The molecule has 7 nitrogen and oxygen atoms in total. The topological polar surface area (TPSA) is 71.1 Å². The zero-order chi connectivity index (χ0) is 21.6. The first-order valence-corrected chi connectivity index (χ1v) is 10.9. The van der Waals surface area contributed by atoms with Crippen molar-refractivity contribution in [2.75, 3.05) is 31.2 Å². The Morgan fingerprint density at radius 2 is 1.90 bits per heavy atom. The highest BCUT2D eigenvalue weighted by Crippen LogP contribution is 2.35. The first-order valence-electron chi connectivity index (χ1n) is 10.9. The van der Waals surface area contributed by atoms with Crippen LogP contribution < -0.4 is 19.7 Å². The summed E-state index contributed by atoms with van der Waals surface area (Å²) in [6, 6.07) is 15.1. The fraction of sp³-hybridized carbons (Fsp3) is 0.417. The van der Waals surface area contributed by atoms with Crippen LogP contribution >= 0.6 is 0 Å². The van der Waals surface area contributed by atoms with Gasteiger partial charge in [-0.25, -0.2) is 4.79 Å². The van der Waals surface area contributed by atoms with E-state index >= 15 is 0 Å². The van der Waals surface area contributed by atoms with Gasteiger partial charge in [0.15, 0.2) is 11.5 Å². The molecule has 4 rings (SSSR count). The van der Waals surface area contributed by atoms with Crippen molar-refractivity contribution < 1.29 is 19.1 Å². The van der Waals surface area contributed by atoms with Crippen LogP contribution in [0.15, 0.2) is 48.5 Å². The SMILES string of the molecule is CCCCN(Cc1ccccc1)C(=O)N[C@H]1CC(=O)N(c2ccc3c(c2)OCCO3)C1. The van der Waals surface area contributed by atoms with Gasteiger partial charge in [0.25, 0.3) is 0 Å². The summed E-state index contributed by atoms with van der Waals surface area (Å²) >= 11 is 0. The molecule has 0 radical (unpaired) electrons. The number of fused-ring (bicyclic) bond motifs is 1. The van der Waals surface area contributed by atoms with Crippen molar-refractivity contribution in [1.82, 2.24) is 10.2 Å². The summed E-state index contributed by atoms with van der Waals surface area (Å²) in [6.07, 6.45) is 2.23. The van der Waals surface area contributed by atoms with Crippen molar-refractivity contribution in [3.05, 3.63) is 54.1 Å². The third-order valence-electron chi connectivity index (χ3n) is 5.58. The summed E-state index contributed by atoms with van der Waals surface area (Å²) in [5.41, 5.74) is 1.85. The van der Waals surface area contributed by atoms with Gasteiger partial charge >= 0.3 is 6.03 Å². The third-order valence-corrected chi connectivity index (χ3v) is 5.58. The second kappa shape index (κ2) is 9.73. The summed E-state index contributed by atoms with van der Waals surface area (Å²) in [5.74, 6) is 1.33. The average Bonchev–Trinajstić information content (AvgIpc) is 3.16. The average molecular weight is 424 g/mol. The Morgan fingerprint density at radius 1 is 1.13 bits per heavy atom. The molecule has 0 aromatic heterocycles. The van der Waals surface area contributed by atoms with Gasteiger partial charge in [-0.1, -0.05) is 43.7 Å². The van der Waals surface area contributed by atoms with Crippen molar-refractivity contribution >= 4 is 17.6 Å². The Morgan fingerprint density at radius 3 is 2.68 bits per heavy atom. The lowest BCUT2D eigenvalue weighted by atomic mass is 10.2. The predicted octanol–water partition coefficient (Wildman–Crippen LogP) is 3.58. The van der Waals surface area contributed by atoms with Gasteiger partial charge in [-0.15, -0.1) is 0 Å². The number of benzene rings is 2. The van der Waals surface area contributed by atoms with Gasteiger partial charge in [-0.3, -0.25) is 4.79 Å². The molecule has 2 aromatic rings. The first kappa shape index (κ1) is 21.0. The third kappa shape index (κ3) is 5.10. The van der Waals surface area contributed by atoms with Crippen LogP contribution in [0.2, 0.25) is 0 Å². The molecule has 7 heteroatoms. The number of nitrogens with zero attached hydrogens (tertiary/aromatic N) is 2. The standard InChI is InChI=1S/C24H29N3O4/c1-2-3-11-26(16-18-7-5-4-6-8-18)24(29)25-19-14-23(28)27(17-19)20-9-10-21-22(15-20)31-13-12-30-21/h4-10,15,19H,2-3,11-14,16-17H2,1H3,(H,25,29)/t19-/m0/s1. The van der Waals surface area contributed by atoms with E-state index in [0.29, 0.717) is 44.3 Å². The van der Waals surface area contributed by atoms with Crippen LogP contribution in [-0.4, -0.2) is 49.2 Å². The van der Waals surface area contributed by atoms with Gasteiger partial charge in [0.05, 0.1) is 6.04 Å². The van der Waals surface area contributed by atoms with Crippen LogP contribution in [0.5, 0.6) is 11.5 Å². The van der Waals surface area contributed by atoms with Gasteiger partial charge in [-0.2, -0.15) is 0 Å². The summed E-state index contributed by atoms with van der Waals surface area (Å²) in [5, 5.41) is 3.07. The van der Waals surface area contributed by atoms with E-state index in [1.807, 2.05) is 53.4 Å². The number of carbonyl (C=O) groups is 2. The highest BCUT2D eigenvalue weighted by molar-refractivity contribution is 5.97. The number of amides is 3. The number of nitrogens with one attached hydrogen (secondary N) is 1. The van der Waals surface area contributed by atoms with Crippen molar-refractivity contribution in [2.24, 2.45) is 0 Å². The Bertz CT molecular complexity index is 918. The maximum atomic E-state index is 13.0. The van der Waals surface area contributed by atoms with Crippen LogP contribution in [0, 0.1) is 0 Å². The minimum Gasteiger partial charge on any atom is -0.486 e. The molecule has 0 bridgehead atoms. The zero-order valence-electron chi connectivity index (χ0n) is 17.9. The Hall–Kier alpha value is -3.22. The fourth-order valence-electron chi connectivity index (χ4n) is 3.92. The van der Waals surface area contributed by atoms with Gasteiger partial charge < -0.3 is 24.6 Å². The van der Waals surface area contributed by atoms with Crippen LogP contribution in [-0.2, 0) is 11.3 Å². The zero-order valence-corrected chi connectivity index (χ0v) is 17.9. The van der Waals surface area contributed by atoms with E-state index in [-0.39, 0.29) is 24.4 Å². The van der Waals surface area contributed by atoms with Crippen LogP contribution in [0.25, 0.3) is 0 Å². The Labute approximate surface area is 182 Å². The van der Waals surface area contributed by atoms with Gasteiger partial charge in [0.2, 0.25) is 5.91 Å². The number of hydrogen-bond donors (Lipinski definition) is 1. The minimum atomic E-state index is -0.229. The molecule has 2 aliphatic heterocycles. The normalized spacial score (nSPS) is 17.5. The largest absolute Gasteiger partial charge is 0.486 e. The molecule has 2 aliphatic rings. The highest BCUT2D eigenvalue weighted by Gasteiger charge is 2.33. The van der Waals surface area contributed by atoms with Crippen molar-refractivity contribution in [3.63, 3.8) is 0 Å². The number of carbonyl (C=O) groups excluding carboxylic acids is 2. The molecule has 31 heavy (non-hydrogen) atoms. The minimum absolute atomic E-state index is 0.00912. The Balaban J connectivity index is 1.40. The fourth-order valence-corrected chi connectivity index (χ4v) is 3.92. The number of anilines is 1. The summed E-state index contributed by atoms with van der Waals surface area (Å²) in [6.45, 7) is 4.82. The van der Waals surface area contributed by atoms with Crippen LogP contribution in [0.3, 0.4) is 0 Å². The molecule has 1 fully saturated rings.